The lowest BCUT2D eigenvalue weighted by Crippen LogP contribution is -2.10. The molecule has 5 nitrogen and oxygen atoms in total. The largest absolute Gasteiger partial charge is 0.464 e. The van der Waals surface area contributed by atoms with Crippen LogP contribution in [-0.2, 0) is 8.87 Å². The lowest BCUT2D eigenvalue weighted by Gasteiger charge is -2.02. The van der Waals surface area contributed by atoms with Crippen LogP contribution < -0.4 is 4.72 Å². The summed E-state index contributed by atoms with van der Waals surface area (Å²) in [5, 5.41) is 8.69. The maximum Gasteiger partial charge on any atom is 0.415 e. The number of hydrogen-bond acceptors (Lipinski definition) is 5. The van der Waals surface area contributed by atoms with Gasteiger partial charge in [-0.2, -0.15) is 0 Å². The number of amides is 1. The van der Waals surface area contributed by atoms with E-state index < -0.39 is 15.0 Å². The predicted octanol–water partition coefficient (Wildman–Crippen LogP) is 2.59. The Morgan fingerprint density at radius 2 is 1.88 bits per heavy atom. The van der Waals surface area contributed by atoms with Crippen LogP contribution in [0.3, 0.4) is 0 Å². The molecule has 0 aliphatic rings. The fourth-order valence-electron chi connectivity index (χ4n) is 0.738. The molecule has 0 saturated heterocycles. The topological polar surface area (TPSA) is 83.5 Å². The second kappa shape index (κ2) is 5.67. The SMILES string of the molecule is O=C(O)NSSS(=O)(=O)c1ccc(Cl)cc1. The summed E-state index contributed by atoms with van der Waals surface area (Å²) in [6.07, 6.45) is -1.30. The minimum absolute atomic E-state index is 0.0709. The van der Waals surface area contributed by atoms with Crippen molar-refractivity contribution in [3.63, 3.8) is 0 Å². The van der Waals surface area contributed by atoms with E-state index in [1.165, 1.54) is 24.3 Å². The van der Waals surface area contributed by atoms with Gasteiger partial charge in [0.15, 0.2) is 0 Å². The first kappa shape index (κ1) is 13.5. The Morgan fingerprint density at radius 3 is 2.38 bits per heavy atom. The molecular formula is C7H6ClNO4S3. The molecule has 0 aliphatic heterocycles. The lowest BCUT2D eigenvalue weighted by atomic mass is 10.4. The Kier molecular flexibility index (Phi) is 4.78. The van der Waals surface area contributed by atoms with Crippen molar-refractivity contribution in [2.24, 2.45) is 0 Å². The molecule has 0 aliphatic carbocycles. The summed E-state index contributed by atoms with van der Waals surface area (Å²) in [5.74, 6) is 0. The first-order valence-corrected chi connectivity index (χ1v) is 8.29. The third-order valence-corrected chi connectivity index (χ3v) is 6.76. The fourth-order valence-corrected chi connectivity index (χ4v) is 4.58. The second-order valence-electron chi connectivity index (χ2n) is 2.47. The zero-order valence-electron chi connectivity index (χ0n) is 7.58. The molecule has 0 radical (unpaired) electrons. The van der Waals surface area contributed by atoms with Crippen LogP contribution in [0.25, 0.3) is 0 Å². The Hall–Kier alpha value is -0.570. The third-order valence-electron chi connectivity index (χ3n) is 1.35. The standard InChI is InChI=1S/C7H6ClNO4S3/c8-5-1-3-6(4-2-5)16(12,13)15-14-9-7(10)11/h1-4,9H,(H,10,11). The number of carbonyl (C=O) groups is 1. The Bertz CT molecular complexity index is 473. The van der Waals surface area contributed by atoms with E-state index in [0.29, 0.717) is 25.8 Å². The van der Waals surface area contributed by atoms with Crippen LogP contribution in [0, 0.1) is 0 Å². The van der Waals surface area contributed by atoms with E-state index in [-0.39, 0.29) is 4.90 Å². The van der Waals surface area contributed by atoms with E-state index in [4.69, 9.17) is 16.7 Å². The molecule has 16 heavy (non-hydrogen) atoms. The molecule has 1 rings (SSSR count). The zero-order valence-corrected chi connectivity index (χ0v) is 10.8. The van der Waals surface area contributed by atoms with Crippen LogP contribution >= 0.6 is 32.4 Å². The van der Waals surface area contributed by atoms with Crippen LogP contribution in [-0.4, -0.2) is 19.6 Å². The van der Waals surface area contributed by atoms with Crippen molar-refractivity contribution in [1.82, 2.24) is 4.72 Å². The highest BCUT2D eigenvalue weighted by Crippen LogP contribution is 2.31. The maximum atomic E-state index is 11.6. The van der Waals surface area contributed by atoms with Crippen LogP contribution in [0.5, 0.6) is 0 Å². The van der Waals surface area contributed by atoms with Crippen LogP contribution in [0.2, 0.25) is 5.02 Å². The fraction of sp³-hybridized carbons (Fsp3) is 0. The average Bonchev–Trinajstić information content (AvgIpc) is 2.17. The van der Waals surface area contributed by atoms with Crippen LogP contribution in [0.4, 0.5) is 4.79 Å². The molecule has 1 amide bonds. The van der Waals surface area contributed by atoms with Crippen LogP contribution in [0.15, 0.2) is 29.2 Å². The maximum absolute atomic E-state index is 11.6. The van der Waals surface area contributed by atoms with Crippen molar-refractivity contribution < 1.29 is 18.3 Å². The molecule has 0 unspecified atom stereocenters. The summed E-state index contributed by atoms with van der Waals surface area (Å²) in [6.45, 7) is 0. The summed E-state index contributed by atoms with van der Waals surface area (Å²) in [5.41, 5.74) is 0. The molecule has 0 aromatic heterocycles. The van der Waals surface area contributed by atoms with Crippen LogP contribution in [0.1, 0.15) is 0 Å². The number of hydrogen-bond donors (Lipinski definition) is 2. The number of benzene rings is 1. The highest BCUT2D eigenvalue weighted by Gasteiger charge is 2.16. The summed E-state index contributed by atoms with van der Waals surface area (Å²) in [7, 11) is -2.64. The Balaban J connectivity index is 2.71. The molecule has 1 aromatic rings. The molecule has 2 N–H and O–H groups in total. The molecule has 0 spiro atoms. The van der Waals surface area contributed by atoms with Gasteiger partial charge in [-0.05, 0) is 24.3 Å². The molecule has 0 heterocycles. The summed E-state index contributed by atoms with van der Waals surface area (Å²) in [4.78, 5) is 10.2. The van der Waals surface area contributed by atoms with E-state index in [1.54, 1.807) is 0 Å². The molecule has 9 heteroatoms. The Morgan fingerprint density at radius 1 is 1.31 bits per heavy atom. The van der Waals surface area contributed by atoms with Gasteiger partial charge in [-0.15, -0.1) is 0 Å². The van der Waals surface area contributed by atoms with E-state index in [9.17, 15) is 13.2 Å². The summed E-state index contributed by atoms with van der Waals surface area (Å²) in [6, 6.07) is 5.60. The van der Waals surface area contributed by atoms with Gasteiger partial charge in [0, 0.05) is 16.0 Å². The molecule has 0 atom stereocenters. The van der Waals surface area contributed by atoms with Gasteiger partial charge in [-0.1, -0.05) is 11.6 Å². The molecule has 0 saturated carbocycles. The van der Waals surface area contributed by atoms with Crippen molar-refractivity contribution in [1.29, 1.82) is 0 Å². The van der Waals surface area contributed by atoms with Gasteiger partial charge in [-0.25, -0.2) is 13.2 Å². The van der Waals surface area contributed by atoms with Gasteiger partial charge >= 0.3 is 6.09 Å². The van der Waals surface area contributed by atoms with Gasteiger partial charge in [0.25, 0.3) is 0 Å². The average molecular weight is 300 g/mol. The highest BCUT2D eigenvalue weighted by molar-refractivity contribution is 9.06. The van der Waals surface area contributed by atoms with Crippen molar-refractivity contribution in [2.75, 3.05) is 0 Å². The molecule has 1 aromatic carbocycles. The van der Waals surface area contributed by atoms with E-state index in [2.05, 4.69) is 0 Å². The zero-order chi connectivity index (χ0) is 12.2. The summed E-state index contributed by atoms with van der Waals surface area (Å²) < 4.78 is 25.1. The number of halogens is 1. The minimum Gasteiger partial charge on any atom is -0.464 e. The molecule has 88 valence electrons. The van der Waals surface area contributed by atoms with Gasteiger partial charge in [0.1, 0.15) is 0 Å². The van der Waals surface area contributed by atoms with E-state index in [0.717, 1.165) is 0 Å². The third kappa shape index (κ3) is 4.12. The van der Waals surface area contributed by atoms with Crippen molar-refractivity contribution >= 4 is 47.4 Å². The molecular weight excluding hydrogens is 294 g/mol. The van der Waals surface area contributed by atoms with Gasteiger partial charge in [-0.3, -0.25) is 4.72 Å². The van der Waals surface area contributed by atoms with Gasteiger partial charge in [0.05, 0.1) is 14.7 Å². The number of nitrogens with one attached hydrogen (secondary N) is 1. The van der Waals surface area contributed by atoms with Crippen molar-refractivity contribution in [2.45, 2.75) is 4.90 Å². The number of rotatable bonds is 4. The first-order chi connectivity index (χ1) is 7.42. The monoisotopic (exact) mass is 299 g/mol. The summed E-state index contributed by atoms with van der Waals surface area (Å²) >= 11 is 5.61. The second-order valence-corrected chi connectivity index (χ2v) is 8.24. The van der Waals surface area contributed by atoms with E-state index >= 15 is 0 Å². The smallest absolute Gasteiger partial charge is 0.415 e. The van der Waals surface area contributed by atoms with Gasteiger partial charge in [0.2, 0.25) is 8.87 Å². The highest BCUT2D eigenvalue weighted by atomic mass is 35.5. The van der Waals surface area contributed by atoms with Crippen molar-refractivity contribution in [3.05, 3.63) is 29.3 Å². The normalized spacial score (nSPS) is 11.1. The first-order valence-electron chi connectivity index (χ1n) is 3.76. The minimum atomic E-state index is -3.58. The Labute approximate surface area is 104 Å². The van der Waals surface area contributed by atoms with Gasteiger partial charge < -0.3 is 5.11 Å². The van der Waals surface area contributed by atoms with Crippen molar-refractivity contribution in [3.8, 4) is 0 Å². The predicted molar refractivity (Wildman–Crippen MR) is 65.0 cm³/mol. The lowest BCUT2D eigenvalue weighted by molar-refractivity contribution is 0.202. The van der Waals surface area contributed by atoms with E-state index in [1.807, 2.05) is 4.72 Å². The quantitative estimate of drug-likeness (QED) is 0.657. The number of carboxylic acid groups (broad SMARTS) is 1. The molecule has 0 fully saturated rings. The molecule has 0 bridgehead atoms.